The van der Waals surface area contributed by atoms with Crippen LogP contribution in [0.25, 0.3) is 0 Å². The molecule has 0 saturated carbocycles. The highest BCUT2D eigenvalue weighted by atomic mass is 32.2. The maximum Gasteiger partial charge on any atom is 0.147 e. The molecular formula is C22H17N3S2. The molecule has 0 bridgehead atoms. The van der Waals surface area contributed by atoms with Crippen LogP contribution in [0.4, 0.5) is 11.4 Å². The van der Waals surface area contributed by atoms with Crippen LogP contribution in [0.15, 0.2) is 76.5 Å². The summed E-state index contributed by atoms with van der Waals surface area (Å²) < 4.78 is 0. The van der Waals surface area contributed by atoms with E-state index in [-0.39, 0.29) is 0 Å². The molecule has 0 spiro atoms. The van der Waals surface area contributed by atoms with E-state index >= 15 is 0 Å². The second kappa shape index (κ2) is 5.58. The van der Waals surface area contributed by atoms with Gasteiger partial charge in [0, 0.05) is 39.6 Å². The van der Waals surface area contributed by atoms with Gasteiger partial charge >= 0.3 is 0 Å². The van der Waals surface area contributed by atoms with E-state index in [9.17, 15) is 0 Å². The second-order valence-electron chi connectivity index (χ2n) is 7.04. The molecule has 0 amide bonds. The summed E-state index contributed by atoms with van der Waals surface area (Å²) in [5, 5.41) is 7.51. The minimum atomic E-state index is -0.390. The van der Waals surface area contributed by atoms with Gasteiger partial charge in [-0.05, 0) is 18.2 Å². The van der Waals surface area contributed by atoms with Crippen LogP contribution in [0.2, 0.25) is 0 Å². The first-order valence-electron chi connectivity index (χ1n) is 9.13. The third-order valence-corrected chi connectivity index (χ3v) is 7.27. The Bertz CT molecular complexity index is 1110. The van der Waals surface area contributed by atoms with E-state index in [2.05, 4.69) is 82.3 Å². The van der Waals surface area contributed by atoms with E-state index in [1.165, 1.54) is 32.2 Å². The molecule has 0 aliphatic carbocycles. The van der Waals surface area contributed by atoms with Crippen LogP contribution in [0.5, 0.6) is 0 Å². The zero-order valence-corrected chi connectivity index (χ0v) is 16.2. The molecule has 3 nitrogen and oxygen atoms in total. The first-order chi connectivity index (χ1) is 13.3. The Hall–Kier alpha value is -2.34. The summed E-state index contributed by atoms with van der Waals surface area (Å²) in [6, 6.07) is 23.6. The molecular weight excluding hydrogens is 370 g/mol. The highest BCUT2D eigenvalue weighted by Crippen LogP contribution is 2.52. The third kappa shape index (κ3) is 1.99. The van der Waals surface area contributed by atoms with Gasteiger partial charge in [-0.15, -0.1) is 0 Å². The molecule has 3 aromatic carbocycles. The fourth-order valence-electron chi connectivity index (χ4n) is 4.58. The van der Waals surface area contributed by atoms with Crippen LogP contribution < -0.4 is 10.6 Å². The number of hydrogen-bond acceptors (Lipinski definition) is 4. The summed E-state index contributed by atoms with van der Waals surface area (Å²) in [6.07, 6.45) is 0. The Morgan fingerprint density at radius 2 is 1.67 bits per heavy atom. The highest BCUT2D eigenvalue weighted by Gasteiger charge is 2.53. The summed E-state index contributed by atoms with van der Waals surface area (Å²) in [6.45, 7) is 1.84. The largest absolute Gasteiger partial charge is 0.353 e. The van der Waals surface area contributed by atoms with Crippen molar-refractivity contribution in [3.05, 3.63) is 83.4 Å². The summed E-state index contributed by atoms with van der Waals surface area (Å²) in [5.41, 5.74) is 5.62. The molecule has 0 aromatic heterocycles. The molecule has 3 heterocycles. The van der Waals surface area contributed by atoms with Crippen molar-refractivity contribution in [2.75, 3.05) is 18.4 Å². The fourth-order valence-corrected chi connectivity index (χ4v) is 6.01. The molecule has 132 valence electrons. The van der Waals surface area contributed by atoms with Gasteiger partial charge in [-0.3, -0.25) is 5.32 Å². The summed E-state index contributed by atoms with van der Waals surface area (Å²) in [5.74, 6) is 0. The molecule has 1 atom stereocenters. The van der Waals surface area contributed by atoms with Gasteiger partial charge in [-0.2, -0.15) is 0 Å². The lowest BCUT2D eigenvalue weighted by atomic mass is 9.90. The van der Waals surface area contributed by atoms with E-state index < -0.39 is 5.66 Å². The van der Waals surface area contributed by atoms with Gasteiger partial charge in [0.25, 0.3) is 0 Å². The molecule has 3 aromatic rings. The maximum atomic E-state index is 5.86. The highest BCUT2D eigenvalue weighted by molar-refractivity contribution is 7.99. The Morgan fingerprint density at radius 1 is 0.889 bits per heavy atom. The van der Waals surface area contributed by atoms with Gasteiger partial charge < -0.3 is 10.2 Å². The maximum absolute atomic E-state index is 5.86. The van der Waals surface area contributed by atoms with Gasteiger partial charge in [0.1, 0.15) is 10.7 Å². The summed E-state index contributed by atoms with van der Waals surface area (Å²) in [7, 11) is 0. The number of rotatable bonds is 1. The van der Waals surface area contributed by atoms with Gasteiger partial charge in [0.05, 0.1) is 11.4 Å². The summed E-state index contributed by atoms with van der Waals surface area (Å²) in [4.78, 5) is 5.81. The standard InChI is InChI=1S/C22H17N3S2/c26-21-14-6-1-2-7-15(14)22(23-12-13-25(21)22)16-8-5-11-19-20(16)24-17-9-3-4-10-18(17)27-19/h1-11,23-24H,12-13H2. The Balaban J connectivity index is 1.60. The number of benzene rings is 3. The van der Waals surface area contributed by atoms with Crippen molar-refractivity contribution in [1.82, 2.24) is 10.2 Å². The van der Waals surface area contributed by atoms with Crippen LogP contribution in [0, 0.1) is 0 Å². The molecule has 2 N–H and O–H groups in total. The average molecular weight is 388 g/mol. The topological polar surface area (TPSA) is 27.3 Å². The number of hydrogen-bond donors (Lipinski definition) is 2. The Kier molecular flexibility index (Phi) is 3.24. The van der Waals surface area contributed by atoms with Gasteiger partial charge in [0.2, 0.25) is 0 Å². The minimum Gasteiger partial charge on any atom is -0.353 e. The molecule has 27 heavy (non-hydrogen) atoms. The van der Waals surface area contributed by atoms with E-state index in [1.807, 2.05) is 11.8 Å². The van der Waals surface area contributed by atoms with Crippen molar-refractivity contribution in [3.8, 4) is 0 Å². The van der Waals surface area contributed by atoms with Crippen molar-refractivity contribution in [2.45, 2.75) is 15.5 Å². The van der Waals surface area contributed by atoms with Gasteiger partial charge in [-0.1, -0.05) is 72.5 Å². The van der Waals surface area contributed by atoms with Gasteiger partial charge in [0.15, 0.2) is 0 Å². The minimum absolute atomic E-state index is 0.390. The van der Waals surface area contributed by atoms with E-state index in [1.54, 1.807) is 0 Å². The van der Waals surface area contributed by atoms with Crippen molar-refractivity contribution >= 4 is 40.3 Å². The number of thiocarbonyl (C=S) groups is 1. The van der Waals surface area contributed by atoms with Crippen LogP contribution in [0.3, 0.4) is 0 Å². The molecule has 5 heteroatoms. The lowest BCUT2D eigenvalue weighted by Gasteiger charge is -2.37. The zero-order chi connectivity index (χ0) is 18.0. The smallest absolute Gasteiger partial charge is 0.147 e. The zero-order valence-electron chi connectivity index (χ0n) is 14.5. The SMILES string of the molecule is S=C1c2ccccc2C2(c3cccc4c3Nc3ccccc3S4)NCCN12. The molecule has 1 unspecified atom stereocenters. The molecule has 1 fully saturated rings. The number of nitrogens with zero attached hydrogens (tertiary/aromatic N) is 1. The Labute approximate surface area is 167 Å². The lowest BCUT2D eigenvalue weighted by Crippen LogP contribution is -2.47. The molecule has 1 saturated heterocycles. The monoisotopic (exact) mass is 387 g/mol. The average Bonchev–Trinajstić information content (AvgIpc) is 3.25. The van der Waals surface area contributed by atoms with Crippen LogP contribution in [0.1, 0.15) is 16.7 Å². The van der Waals surface area contributed by atoms with Crippen molar-refractivity contribution in [2.24, 2.45) is 0 Å². The van der Waals surface area contributed by atoms with E-state index in [0.717, 1.165) is 23.8 Å². The van der Waals surface area contributed by atoms with Crippen LogP contribution in [-0.4, -0.2) is 23.0 Å². The van der Waals surface area contributed by atoms with Crippen LogP contribution >= 0.6 is 24.0 Å². The number of para-hydroxylation sites is 2. The molecule has 6 rings (SSSR count). The normalized spacial score (nSPS) is 21.9. The first kappa shape index (κ1) is 15.7. The summed E-state index contributed by atoms with van der Waals surface area (Å²) >= 11 is 7.69. The van der Waals surface area contributed by atoms with Crippen molar-refractivity contribution < 1.29 is 0 Å². The predicted octanol–water partition coefficient (Wildman–Crippen LogP) is 4.69. The molecule has 3 aliphatic heterocycles. The third-order valence-electron chi connectivity index (χ3n) is 5.70. The quantitative estimate of drug-likeness (QED) is 0.462. The van der Waals surface area contributed by atoms with Gasteiger partial charge in [-0.25, -0.2) is 0 Å². The number of nitrogens with one attached hydrogen (secondary N) is 2. The van der Waals surface area contributed by atoms with E-state index in [0.29, 0.717) is 0 Å². The number of anilines is 2. The Morgan fingerprint density at radius 3 is 2.63 bits per heavy atom. The number of fused-ring (bicyclic) bond motifs is 5. The van der Waals surface area contributed by atoms with Crippen LogP contribution in [-0.2, 0) is 5.66 Å². The predicted molar refractivity (Wildman–Crippen MR) is 114 cm³/mol. The first-order valence-corrected chi connectivity index (χ1v) is 10.4. The second-order valence-corrected chi connectivity index (χ2v) is 8.51. The van der Waals surface area contributed by atoms with E-state index in [4.69, 9.17) is 12.2 Å². The molecule has 3 aliphatic rings. The van der Waals surface area contributed by atoms with Crippen molar-refractivity contribution in [3.63, 3.8) is 0 Å². The lowest BCUT2D eigenvalue weighted by molar-refractivity contribution is 0.281. The molecule has 0 radical (unpaired) electrons. The fraction of sp³-hybridized carbons (Fsp3) is 0.136. The van der Waals surface area contributed by atoms with Crippen molar-refractivity contribution in [1.29, 1.82) is 0 Å².